The molecule has 0 aliphatic carbocycles. The standard InChI is InChI=1S/C12H24N2/c1-6-9-14(8-3)12(7-2)10-13-11(4)5/h1,11-13H,7-10H2,2-5H3. The maximum Gasteiger partial charge on any atom is 0.0601 e. The zero-order valence-electron chi connectivity index (χ0n) is 10.0. The van der Waals surface area contributed by atoms with E-state index in [1.807, 2.05) is 0 Å². The van der Waals surface area contributed by atoms with Gasteiger partial charge in [0.25, 0.3) is 0 Å². The van der Waals surface area contributed by atoms with E-state index in [0.29, 0.717) is 12.1 Å². The van der Waals surface area contributed by atoms with Gasteiger partial charge >= 0.3 is 0 Å². The van der Waals surface area contributed by atoms with Crippen molar-refractivity contribution in [2.45, 2.75) is 46.2 Å². The van der Waals surface area contributed by atoms with E-state index in [4.69, 9.17) is 6.42 Å². The molecule has 0 spiro atoms. The fourth-order valence-electron chi connectivity index (χ4n) is 1.52. The summed E-state index contributed by atoms with van der Waals surface area (Å²) in [5.74, 6) is 2.72. The molecule has 2 heteroatoms. The lowest BCUT2D eigenvalue weighted by Gasteiger charge is -2.29. The highest BCUT2D eigenvalue weighted by Gasteiger charge is 2.13. The van der Waals surface area contributed by atoms with Crippen molar-refractivity contribution in [1.29, 1.82) is 0 Å². The zero-order valence-corrected chi connectivity index (χ0v) is 10.0. The van der Waals surface area contributed by atoms with E-state index < -0.39 is 0 Å². The van der Waals surface area contributed by atoms with Gasteiger partial charge in [0, 0.05) is 18.6 Å². The molecule has 0 aromatic carbocycles. The van der Waals surface area contributed by atoms with Crippen LogP contribution in [0.25, 0.3) is 0 Å². The number of terminal acetylenes is 1. The fourth-order valence-corrected chi connectivity index (χ4v) is 1.52. The second-order valence-corrected chi connectivity index (χ2v) is 3.89. The van der Waals surface area contributed by atoms with E-state index >= 15 is 0 Å². The zero-order chi connectivity index (χ0) is 11.0. The molecule has 0 saturated heterocycles. The molecule has 0 aliphatic rings. The minimum Gasteiger partial charge on any atom is -0.313 e. The molecule has 0 bridgehead atoms. The van der Waals surface area contributed by atoms with Crippen LogP contribution in [0.2, 0.25) is 0 Å². The van der Waals surface area contributed by atoms with Gasteiger partial charge in [0.2, 0.25) is 0 Å². The smallest absolute Gasteiger partial charge is 0.0601 e. The minimum atomic E-state index is 0.550. The Bertz CT molecular complexity index is 170. The largest absolute Gasteiger partial charge is 0.313 e. The SMILES string of the molecule is C#CCN(CC)C(CC)CNC(C)C. The summed E-state index contributed by atoms with van der Waals surface area (Å²) in [6, 6.07) is 1.12. The van der Waals surface area contributed by atoms with Crippen molar-refractivity contribution >= 4 is 0 Å². The quantitative estimate of drug-likeness (QED) is 0.624. The molecule has 1 N–H and O–H groups in total. The molecular formula is C12H24N2. The molecule has 14 heavy (non-hydrogen) atoms. The van der Waals surface area contributed by atoms with Gasteiger partial charge < -0.3 is 5.32 Å². The Kier molecular flexibility index (Phi) is 7.55. The monoisotopic (exact) mass is 196 g/mol. The second-order valence-electron chi connectivity index (χ2n) is 3.89. The molecule has 2 nitrogen and oxygen atoms in total. The molecule has 0 fully saturated rings. The van der Waals surface area contributed by atoms with Crippen LogP contribution in [0.3, 0.4) is 0 Å². The number of nitrogens with one attached hydrogen (secondary N) is 1. The normalized spacial score (nSPS) is 13.2. The van der Waals surface area contributed by atoms with Crippen molar-refractivity contribution in [3.63, 3.8) is 0 Å². The van der Waals surface area contributed by atoms with Gasteiger partial charge in [-0.1, -0.05) is 33.6 Å². The first-order valence-electron chi connectivity index (χ1n) is 5.56. The van der Waals surface area contributed by atoms with Gasteiger partial charge in [0.1, 0.15) is 0 Å². The van der Waals surface area contributed by atoms with Crippen molar-refractivity contribution in [3.8, 4) is 12.3 Å². The summed E-state index contributed by atoms with van der Waals surface area (Å²) in [6.07, 6.45) is 6.49. The second kappa shape index (κ2) is 7.84. The first-order chi connectivity index (χ1) is 6.65. The van der Waals surface area contributed by atoms with Crippen molar-refractivity contribution in [3.05, 3.63) is 0 Å². The molecule has 0 aromatic rings. The highest BCUT2D eigenvalue weighted by molar-refractivity contribution is 4.90. The molecular weight excluding hydrogens is 172 g/mol. The lowest BCUT2D eigenvalue weighted by atomic mass is 10.1. The maximum absolute atomic E-state index is 5.34. The third-order valence-corrected chi connectivity index (χ3v) is 2.45. The molecule has 0 aromatic heterocycles. The number of hydrogen-bond donors (Lipinski definition) is 1. The van der Waals surface area contributed by atoms with E-state index in [2.05, 4.69) is 43.8 Å². The Labute approximate surface area is 89.1 Å². The van der Waals surface area contributed by atoms with Crippen LogP contribution >= 0.6 is 0 Å². The van der Waals surface area contributed by atoms with Crippen LogP contribution in [0, 0.1) is 12.3 Å². The third kappa shape index (κ3) is 5.26. The predicted octanol–water partition coefficient (Wildman–Crippen LogP) is 1.72. The number of rotatable bonds is 7. The summed E-state index contributed by atoms with van der Waals surface area (Å²) in [4.78, 5) is 2.34. The van der Waals surface area contributed by atoms with E-state index in [9.17, 15) is 0 Å². The van der Waals surface area contributed by atoms with Crippen LogP contribution < -0.4 is 5.32 Å². The van der Waals surface area contributed by atoms with Crippen LogP contribution in [0.15, 0.2) is 0 Å². The van der Waals surface area contributed by atoms with Crippen molar-refractivity contribution in [2.75, 3.05) is 19.6 Å². The van der Waals surface area contributed by atoms with Gasteiger partial charge in [-0.25, -0.2) is 0 Å². The van der Waals surface area contributed by atoms with Gasteiger partial charge in [-0.15, -0.1) is 6.42 Å². The maximum atomic E-state index is 5.34. The summed E-state index contributed by atoms with van der Waals surface area (Å²) in [5.41, 5.74) is 0. The number of hydrogen-bond acceptors (Lipinski definition) is 2. The molecule has 0 rings (SSSR count). The average Bonchev–Trinajstić information content (AvgIpc) is 2.16. The number of likely N-dealkylation sites (N-methyl/N-ethyl adjacent to an activating group) is 1. The summed E-state index contributed by atoms with van der Waals surface area (Å²) < 4.78 is 0. The predicted molar refractivity (Wildman–Crippen MR) is 63.3 cm³/mol. The van der Waals surface area contributed by atoms with Crippen LogP contribution in [0.4, 0.5) is 0 Å². The van der Waals surface area contributed by atoms with Gasteiger partial charge in [0.05, 0.1) is 6.54 Å². The highest BCUT2D eigenvalue weighted by atomic mass is 15.2. The molecule has 0 radical (unpaired) electrons. The Hall–Kier alpha value is -0.520. The Morgan fingerprint density at radius 3 is 2.36 bits per heavy atom. The van der Waals surface area contributed by atoms with Gasteiger partial charge in [0.15, 0.2) is 0 Å². The summed E-state index contributed by atoms with van der Waals surface area (Å²) in [5, 5.41) is 3.46. The van der Waals surface area contributed by atoms with Crippen LogP contribution in [-0.2, 0) is 0 Å². The van der Waals surface area contributed by atoms with E-state index in [0.717, 1.165) is 26.1 Å². The van der Waals surface area contributed by atoms with Crippen LogP contribution in [0.5, 0.6) is 0 Å². The Morgan fingerprint density at radius 1 is 1.36 bits per heavy atom. The molecule has 1 unspecified atom stereocenters. The first kappa shape index (κ1) is 13.5. The highest BCUT2D eigenvalue weighted by Crippen LogP contribution is 2.02. The number of nitrogens with zero attached hydrogens (tertiary/aromatic N) is 1. The average molecular weight is 196 g/mol. The molecule has 0 aliphatic heterocycles. The molecule has 1 atom stereocenters. The fraction of sp³-hybridized carbons (Fsp3) is 0.833. The van der Waals surface area contributed by atoms with E-state index in [-0.39, 0.29) is 0 Å². The summed E-state index contributed by atoms with van der Waals surface area (Å²) in [7, 11) is 0. The lowest BCUT2D eigenvalue weighted by molar-refractivity contribution is 0.216. The van der Waals surface area contributed by atoms with Crippen molar-refractivity contribution in [1.82, 2.24) is 10.2 Å². The first-order valence-corrected chi connectivity index (χ1v) is 5.56. The van der Waals surface area contributed by atoms with Gasteiger partial charge in [-0.3, -0.25) is 4.90 Å². The Balaban J connectivity index is 4.02. The molecule has 0 heterocycles. The van der Waals surface area contributed by atoms with E-state index in [1.165, 1.54) is 0 Å². The van der Waals surface area contributed by atoms with Crippen LogP contribution in [-0.4, -0.2) is 36.6 Å². The summed E-state index contributed by atoms with van der Waals surface area (Å²) >= 11 is 0. The van der Waals surface area contributed by atoms with Gasteiger partial charge in [-0.2, -0.15) is 0 Å². The molecule has 0 saturated carbocycles. The molecule has 0 amide bonds. The van der Waals surface area contributed by atoms with Crippen molar-refractivity contribution in [2.24, 2.45) is 0 Å². The minimum absolute atomic E-state index is 0.550. The topological polar surface area (TPSA) is 15.3 Å². The Morgan fingerprint density at radius 2 is 2.00 bits per heavy atom. The van der Waals surface area contributed by atoms with E-state index in [1.54, 1.807) is 0 Å². The van der Waals surface area contributed by atoms with Crippen LogP contribution in [0.1, 0.15) is 34.1 Å². The molecule has 82 valence electrons. The summed E-state index contributed by atoms with van der Waals surface area (Å²) in [6.45, 7) is 11.5. The van der Waals surface area contributed by atoms with Gasteiger partial charge in [-0.05, 0) is 13.0 Å². The third-order valence-electron chi connectivity index (χ3n) is 2.45. The lowest BCUT2D eigenvalue weighted by Crippen LogP contribution is -2.43. The van der Waals surface area contributed by atoms with Crippen molar-refractivity contribution < 1.29 is 0 Å².